The van der Waals surface area contributed by atoms with E-state index >= 15 is 0 Å². The highest BCUT2D eigenvalue weighted by Gasteiger charge is 2.34. The summed E-state index contributed by atoms with van der Waals surface area (Å²) >= 11 is 0. The Labute approximate surface area is 152 Å². The second kappa shape index (κ2) is 7.33. The van der Waals surface area contributed by atoms with Gasteiger partial charge in [0.05, 0.1) is 12.1 Å². The predicted molar refractivity (Wildman–Crippen MR) is 94.0 cm³/mol. The number of benzene rings is 1. The van der Waals surface area contributed by atoms with Crippen LogP contribution in [0.2, 0.25) is 0 Å². The van der Waals surface area contributed by atoms with E-state index in [1.54, 1.807) is 4.68 Å². The van der Waals surface area contributed by atoms with Crippen LogP contribution in [0.3, 0.4) is 0 Å². The van der Waals surface area contributed by atoms with Crippen molar-refractivity contribution in [2.75, 3.05) is 19.9 Å². The summed E-state index contributed by atoms with van der Waals surface area (Å²) in [6.45, 7) is 2.22. The third-order valence-corrected chi connectivity index (χ3v) is 4.61. The van der Waals surface area contributed by atoms with Gasteiger partial charge in [-0.05, 0) is 23.3 Å². The zero-order valence-electron chi connectivity index (χ0n) is 13.9. The number of hydrogen-bond acceptors (Lipinski definition) is 5. The number of nitrogens with zero attached hydrogens (tertiary/aromatic N) is 2. The maximum absolute atomic E-state index is 12.6. The van der Waals surface area contributed by atoms with Crippen molar-refractivity contribution in [1.82, 2.24) is 20.4 Å². The van der Waals surface area contributed by atoms with Gasteiger partial charge in [0, 0.05) is 38.8 Å². The molecule has 1 aromatic carbocycles. The molecule has 2 aromatic rings. The molecule has 0 radical (unpaired) electrons. The molecule has 1 aromatic heterocycles. The van der Waals surface area contributed by atoms with Crippen LogP contribution in [0.1, 0.15) is 17.0 Å². The number of aryl methyl sites for hydroxylation is 1. The number of ether oxygens (including phenoxy) is 2. The van der Waals surface area contributed by atoms with Crippen molar-refractivity contribution in [3.8, 4) is 11.5 Å². The Kier molecular flexibility index (Phi) is 5.15. The number of hydrogen-bond donors (Lipinski definition) is 2. The molecular weight excluding hydrogens is 344 g/mol. The second-order valence-corrected chi connectivity index (χ2v) is 6.22. The predicted octanol–water partition coefficient (Wildman–Crippen LogP) is 1.19. The number of rotatable bonds is 4. The summed E-state index contributed by atoms with van der Waals surface area (Å²) in [5, 5.41) is 10.6. The van der Waals surface area contributed by atoms with Gasteiger partial charge in [-0.1, -0.05) is 6.07 Å². The Morgan fingerprint density at radius 2 is 2.20 bits per heavy atom. The molecule has 1 saturated heterocycles. The van der Waals surface area contributed by atoms with Gasteiger partial charge < -0.3 is 20.1 Å². The highest BCUT2D eigenvalue weighted by Crippen LogP contribution is 2.32. The minimum Gasteiger partial charge on any atom is -0.454 e. The van der Waals surface area contributed by atoms with Crippen molar-refractivity contribution in [2.24, 2.45) is 13.0 Å². The summed E-state index contributed by atoms with van der Waals surface area (Å²) in [5.74, 6) is 1.63. The molecule has 1 amide bonds. The number of aromatic nitrogens is 2. The Balaban J connectivity index is 0.00000182. The lowest BCUT2D eigenvalue weighted by Gasteiger charge is -2.17. The number of nitrogens with one attached hydrogen (secondary N) is 2. The summed E-state index contributed by atoms with van der Waals surface area (Å²) in [6, 6.07) is 5.73. The lowest BCUT2D eigenvalue weighted by molar-refractivity contribution is -0.125. The van der Waals surface area contributed by atoms with Crippen LogP contribution in [-0.2, 0) is 18.4 Å². The molecule has 0 spiro atoms. The second-order valence-electron chi connectivity index (χ2n) is 6.22. The molecule has 134 valence electrons. The van der Waals surface area contributed by atoms with Gasteiger partial charge in [-0.2, -0.15) is 5.10 Å². The fourth-order valence-corrected chi connectivity index (χ4v) is 3.31. The minimum atomic E-state index is -0.0804. The normalized spacial score (nSPS) is 21.0. The summed E-state index contributed by atoms with van der Waals surface area (Å²) in [4.78, 5) is 12.6. The first-order valence-corrected chi connectivity index (χ1v) is 8.06. The van der Waals surface area contributed by atoms with Gasteiger partial charge >= 0.3 is 0 Å². The molecule has 2 N–H and O–H groups in total. The van der Waals surface area contributed by atoms with E-state index in [0.717, 1.165) is 29.2 Å². The molecule has 1 fully saturated rings. The maximum atomic E-state index is 12.6. The van der Waals surface area contributed by atoms with E-state index in [-0.39, 0.29) is 36.9 Å². The monoisotopic (exact) mass is 364 g/mol. The molecule has 25 heavy (non-hydrogen) atoms. The minimum absolute atomic E-state index is 0. The zero-order valence-corrected chi connectivity index (χ0v) is 14.7. The van der Waals surface area contributed by atoms with Crippen molar-refractivity contribution in [3.63, 3.8) is 0 Å². The van der Waals surface area contributed by atoms with Crippen LogP contribution in [0.25, 0.3) is 0 Å². The van der Waals surface area contributed by atoms with Gasteiger partial charge in [0.1, 0.15) is 0 Å². The molecule has 2 atom stereocenters. The van der Waals surface area contributed by atoms with Crippen LogP contribution in [0.15, 0.2) is 30.6 Å². The lowest BCUT2D eigenvalue weighted by Crippen LogP contribution is -2.33. The van der Waals surface area contributed by atoms with E-state index < -0.39 is 0 Å². The number of carbonyl (C=O) groups is 1. The van der Waals surface area contributed by atoms with Crippen molar-refractivity contribution in [3.05, 3.63) is 41.7 Å². The molecule has 2 aliphatic rings. The number of fused-ring (bicyclic) bond motifs is 1. The highest BCUT2D eigenvalue weighted by molar-refractivity contribution is 5.85. The molecule has 7 nitrogen and oxygen atoms in total. The molecule has 8 heteroatoms. The van der Waals surface area contributed by atoms with Gasteiger partial charge in [0.15, 0.2) is 11.5 Å². The van der Waals surface area contributed by atoms with Crippen LogP contribution in [0.4, 0.5) is 0 Å². The van der Waals surface area contributed by atoms with Crippen molar-refractivity contribution in [2.45, 2.75) is 12.5 Å². The largest absolute Gasteiger partial charge is 0.454 e. The standard InChI is InChI=1S/C17H20N4O3.ClH/c1-21-9-12(6-20-21)13-7-18-8-14(13)17(22)19-5-11-2-3-15-16(4-11)24-10-23-15;/h2-4,6,9,13-14,18H,5,7-8,10H2,1H3,(H,19,22);1H/t13-,14+;/m1./s1. The van der Waals surface area contributed by atoms with Crippen molar-refractivity contribution in [1.29, 1.82) is 0 Å². The molecular formula is C17H21ClN4O3. The molecule has 2 aliphatic heterocycles. The van der Waals surface area contributed by atoms with E-state index in [2.05, 4.69) is 15.7 Å². The van der Waals surface area contributed by atoms with E-state index in [0.29, 0.717) is 13.1 Å². The fraction of sp³-hybridized carbons (Fsp3) is 0.412. The van der Waals surface area contributed by atoms with E-state index in [4.69, 9.17) is 9.47 Å². The van der Waals surface area contributed by atoms with E-state index in [1.165, 1.54) is 0 Å². The summed E-state index contributed by atoms with van der Waals surface area (Å²) in [6.07, 6.45) is 3.82. The molecule has 0 bridgehead atoms. The number of carbonyl (C=O) groups excluding carboxylic acids is 1. The Morgan fingerprint density at radius 1 is 1.36 bits per heavy atom. The average molecular weight is 365 g/mol. The van der Waals surface area contributed by atoms with Gasteiger partial charge in [0.2, 0.25) is 12.7 Å². The highest BCUT2D eigenvalue weighted by atomic mass is 35.5. The SMILES string of the molecule is Cl.Cn1cc([C@H]2CNC[C@@H]2C(=O)NCc2ccc3c(c2)OCO3)cn1. The van der Waals surface area contributed by atoms with Crippen molar-refractivity contribution < 1.29 is 14.3 Å². The van der Waals surface area contributed by atoms with E-state index in [9.17, 15) is 4.79 Å². The summed E-state index contributed by atoms with van der Waals surface area (Å²) < 4.78 is 12.4. The molecule has 0 unspecified atom stereocenters. The first-order chi connectivity index (χ1) is 11.7. The van der Waals surface area contributed by atoms with Crippen LogP contribution in [0.5, 0.6) is 11.5 Å². The van der Waals surface area contributed by atoms with Gasteiger partial charge in [0.25, 0.3) is 0 Å². The number of halogens is 1. The quantitative estimate of drug-likeness (QED) is 0.852. The third-order valence-electron chi connectivity index (χ3n) is 4.61. The molecule has 4 rings (SSSR count). The smallest absolute Gasteiger partial charge is 0.231 e. The maximum Gasteiger partial charge on any atom is 0.231 e. The van der Waals surface area contributed by atoms with Gasteiger partial charge in [-0.25, -0.2) is 0 Å². The lowest BCUT2D eigenvalue weighted by atomic mass is 9.90. The van der Waals surface area contributed by atoms with Crippen LogP contribution in [-0.4, -0.2) is 35.6 Å². The first kappa shape index (κ1) is 17.6. The average Bonchev–Trinajstić information content (AvgIpc) is 3.31. The molecule has 0 saturated carbocycles. The zero-order chi connectivity index (χ0) is 16.5. The van der Waals surface area contributed by atoms with E-state index in [1.807, 2.05) is 37.6 Å². The van der Waals surface area contributed by atoms with Crippen LogP contribution >= 0.6 is 12.4 Å². The first-order valence-electron chi connectivity index (χ1n) is 8.06. The summed E-state index contributed by atoms with van der Waals surface area (Å²) in [7, 11) is 1.89. The Bertz CT molecular complexity index is 764. The van der Waals surface area contributed by atoms with Gasteiger partial charge in [-0.3, -0.25) is 9.48 Å². The van der Waals surface area contributed by atoms with Crippen molar-refractivity contribution >= 4 is 18.3 Å². The fourth-order valence-electron chi connectivity index (χ4n) is 3.31. The Hall–Kier alpha value is -2.25. The summed E-state index contributed by atoms with van der Waals surface area (Å²) in [5.41, 5.74) is 2.10. The topological polar surface area (TPSA) is 77.4 Å². The Morgan fingerprint density at radius 3 is 3.00 bits per heavy atom. The van der Waals surface area contributed by atoms with Crippen LogP contribution in [0, 0.1) is 5.92 Å². The number of amides is 1. The molecule has 3 heterocycles. The van der Waals surface area contributed by atoms with Crippen LogP contribution < -0.4 is 20.1 Å². The third kappa shape index (κ3) is 3.57. The van der Waals surface area contributed by atoms with Gasteiger partial charge in [-0.15, -0.1) is 12.4 Å². The molecule has 0 aliphatic carbocycles.